The monoisotopic (exact) mass is 486 g/mol. The van der Waals surface area contributed by atoms with E-state index in [1.54, 1.807) is 6.20 Å². The van der Waals surface area contributed by atoms with Crippen molar-refractivity contribution in [3.05, 3.63) is 64.3 Å². The number of halogens is 3. The molecule has 0 spiro atoms. The zero-order chi connectivity index (χ0) is 23.3. The predicted octanol–water partition coefficient (Wildman–Crippen LogP) is 5.14. The third kappa shape index (κ3) is 4.10. The first-order valence-electron chi connectivity index (χ1n) is 10.4. The maximum absolute atomic E-state index is 14.8. The highest BCUT2D eigenvalue weighted by molar-refractivity contribution is 6.35. The maximum atomic E-state index is 14.8. The van der Waals surface area contributed by atoms with Gasteiger partial charge in [0.2, 0.25) is 0 Å². The Bertz CT molecular complexity index is 1330. The summed E-state index contributed by atoms with van der Waals surface area (Å²) in [7, 11) is 0. The highest BCUT2D eigenvalue weighted by Crippen LogP contribution is 2.35. The lowest BCUT2D eigenvalue weighted by molar-refractivity contribution is 0.227. The van der Waals surface area contributed by atoms with Crippen LogP contribution >= 0.6 is 23.2 Å². The second-order valence-electron chi connectivity index (χ2n) is 8.60. The van der Waals surface area contributed by atoms with Crippen molar-refractivity contribution in [2.75, 3.05) is 18.0 Å². The van der Waals surface area contributed by atoms with Gasteiger partial charge < -0.3 is 15.4 Å². The van der Waals surface area contributed by atoms with Gasteiger partial charge in [0, 0.05) is 53.7 Å². The smallest absolute Gasteiger partial charge is 0.166 e. The molecule has 4 aromatic rings. The molecule has 1 aromatic carbocycles. The van der Waals surface area contributed by atoms with Gasteiger partial charge in [0.15, 0.2) is 11.6 Å². The van der Waals surface area contributed by atoms with Crippen LogP contribution in [-0.2, 0) is 0 Å². The summed E-state index contributed by atoms with van der Waals surface area (Å²) in [4.78, 5) is 10.1. The lowest BCUT2D eigenvalue weighted by Crippen LogP contribution is -2.66. The average molecular weight is 487 g/mol. The van der Waals surface area contributed by atoms with Gasteiger partial charge in [-0.3, -0.25) is 10.1 Å². The highest BCUT2D eigenvalue weighted by Gasteiger charge is 2.37. The molecule has 3 aromatic heterocycles. The van der Waals surface area contributed by atoms with Gasteiger partial charge in [0.05, 0.1) is 15.6 Å². The number of hydrogen-bond donors (Lipinski definition) is 2. The zero-order valence-corrected chi connectivity index (χ0v) is 19.5. The Morgan fingerprint density at radius 3 is 2.58 bits per heavy atom. The van der Waals surface area contributed by atoms with Crippen molar-refractivity contribution in [1.29, 1.82) is 0 Å². The van der Waals surface area contributed by atoms with Crippen LogP contribution in [0.1, 0.15) is 25.5 Å². The summed E-state index contributed by atoms with van der Waals surface area (Å²) in [6.07, 6.45) is 4.26. The van der Waals surface area contributed by atoms with Crippen molar-refractivity contribution in [3.63, 3.8) is 0 Å². The molecular formula is C23H21Cl2FN6O. The molecule has 1 aliphatic rings. The average Bonchev–Trinajstić information content (AvgIpc) is 3.15. The molecule has 1 saturated heterocycles. The van der Waals surface area contributed by atoms with E-state index in [9.17, 15) is 4.39 Å². The minimum absolute atomic E-state index is 0.297. The van der Waals surface area contributed by atoms with Crippen LogP contribution in [0.5, 0.6) is 5.75 Å². The molecule has 33 heavy (non-hydrogen) atoms. The quantitative estimate of drug-likeness (QED) is 0.405. The molecule has 1 fully saturated rings. The van der Waals surface area contributed by atoms with Crippen LogP contribution in [0, 0.1) is 5.82 Å². The number of benzene rings is 1. The first kappa shape index (κ1) is 21.9. The van der Waals surface area contributed by atoms with Gasteiger partial charge in [0.1, 0.15) is 17.5 Å². The molecular weight excluding hydrogens is 466 g/mol. The summed E-state index contributed by atoms with van der Waals surface area (Å²) in [5, 5.41) is 8.98. The van der Waals surface area contributed by atoms with Crippen LogP contribution in [0.3, 0.4) is 0 Å². The zero-order valence-electron chi connectivity index (χ0n) is 17.9. The summed E-state index contributed by atoms with van der Waals surface area (Å²) >= 11 is 12.5. The van der Waals surface area contributed by atoms with Gasteiger partial charge >= 0.3 is 0 Å². The van der Waals surface area contributed by atoms with E-state index >= 15 is 0 Å². The molecule has 170 valence electrons. The van der Waals surface area contributed by atoms with E-state index in [0.29, 0.717) is 51.5 Å². The van der Waals surface area contributed by atoms with E-state index in [1.165, 1.54) is 18.5 Å². The number of ether oxygens (including phenoxy) is 1. The van der Waals surface area contributed by atoms with Crippen molar-refractivity contribution >= 4 is 39.9 Å². The van der Waals surface area contributed by atoms with E-state index in [-0.39, 0.29) is 5.54 Å². The third-order valence-corrected chi connectivity index (χ3v) is 6.25. The molecule has 3 N–H and O–H groups in total. The number of hydrogen-bond acceptors (Lipinski definition) is 6. The first-order valence-corrected chi connectivity index (χ1v) is 11.1. The van der Waals surface area contributed by atoms with Crippen LogP contribution in [0.4, 0.5) is 10.2 Å². The van der Waals surface area contributed by atoms with Crippen LogP contribution in [-0.4, -0.2) is 38.8 Å². The number of anilines is 1. The fourth-order valence-corrected chi connectivity index (χ4v) is 4.80. The summed E-state index contributed by atoms with van der Waals surface area (Å²) in [6.45, 7) is 4.91. The first-order chi connectivity index (χ1) is 15.7. The van der Waals surface area contributed by atoms with E-state index < -0.39 is 11.9 Å². The normalized spacial score (nSPS) is 16.0. The molecule has 0 saturated carbocycles. The molecule has 1 aliphatic heterocycles. The molecule has 0 amide bonds. The highest BCUT2D eigenvalue weighted by atomic mass is 35.5. The summed E-state index contributed by atoms with van der Waals surface area (Å²) < 4.78 is 20.9. The van der Waals surface area contributed by atoms with Crippen molar-refractivity contribution in [3.8, 4) is 17.0 Å². The number of aromatic amines is 1. The molecule has 0 aliphatic carbocycles. The molecule has 1 atom stereocenters. The topological polar surface area (TPSA) is 93.0 Å². The molecule has 4 heterocycles. The van der Waals surface area contributed by atoms with Crippen LogP contribution < -0.4 is 15.4 Å². The second-order valence-corrected chi connectivity index (χ2v) is 9.41. The Kier molecular flexibility index (Phi) is 5.39. The van der Waals surface area contributed by atoms with Gasteiger partial charge in [-0.15, -0.1) is 0 Å². The Balaban J connectivity index is 1.44. The number of fused-ring (bicyclic) bond motifs is 1. The van der Waals surface area contributed by atoms with Crippen LogP contribution in [0.2, 0.25) is 10.0 Å². The minimum Gasteiger partial charge on any atom is -0.486 e. The van der Waals surface area contributed by atoms with Crippen molar-refractivity contribution in [2.45, 2.75) is 25.5 Å². The van der Waals surface area contributed by atoms with Crippen molar-refractivity contribution in [1.82, 2.24) is 20.2 Å². The molecule has 0 radical (unpaired) electrons. The second kappa shape index (κ2) is 8.13. The fourth-order valence-electron chi connectivity index (χ4n) is 4.13. The number of aromatic nitrogens is 4. The minimum atomic E-state index is -0.415. The van der Waals surface area contributed by atoms with Gasteiger partial charge in [-0.25, -0.2) is 9.37 Å². The van der Waals surface area contributed by atoms with Gasteiger partial charge in [-0.1, -0.05) is 23.2 Å². The lowest BCUT2D eigenvalue weighted by atomic mass is 9.94. The standard InChI is InChI=1S/C23H21Cl2FN6O/c1-12(20-16(24)8-28-9-17(20)25)33-14-3-4-19-15(6-14)21(31-30-19)13-5-18(26)22(29-7-13)32-10-23(2,27)11-32/h3-9,12H,10-11,27H2,1-2H3,(H,30,31)/t12-/m1/s1. The van der Waals surface area contributed by atoms with E-state index in [2.05, 4.69) is 20.2 Å². The number of nitrogens with zero attached hydrogens (tertiary/aromatic N) is 4. The Morgan fingerprint density at radius 2 is 1.91 bits per heavy atom. The van der Waals surface area contributed by atoms with E-state index in [0.717, 1.165) is 10.9 Å². The maximum Gasteiger partial charge on any atom is 0.166 e. The third-order valence-electron chi connectivity index (χ3n) is 5.64. The fraction of sp³-hybridized carbons (Fsp3) is 0.261. The number of nitrogens with two attached hydrogens (primary N) is 1. The number of rotatable bonds is 5. The Labute approximate surface area is 199 Å². The number of pyridine rings is 2. The van der Waals surface area contributed by atoms with Gasteiger partial charge in [-0.2, -0.15) is 5.10 Å². The largest absolute Gasteiger partial charge is 0.486 e. The summed E-state index contributed by atoms with van der Waals surface area (Å²) in [6, 6.07) is 6.95. The molecule has 0 bridgehead atoms. The number of H-pyrrole nitrogens is 1. The summed E-state index contributed by atoms with van der Waals surface area (Å²) in [5.41, 5.74) is 8.30. The predicted molar refractivity (Wildman–Crippen MR) is 127 cm³/mol. The molecule has 10 heteroatoms. The van der Waals surface area contributed by atoms with Crippen LogP contribution in [0.25, 0.3) is 22.2 Å². The van der Waals surface area contributed by atoms with Crippen molar-refractivity contribution < 1.29 is 9.13 Å². The summed E-state index contributed by atoms with van der Waals surface area (Å²) in [5.74, 6) is 0.474. The van der Waals surface area contributed by atoms with Crippen molar-refractivity contribution in [2.24, 2.45) is 5.73 Å². The number of nitrogens with one attached hydrogen (secondary N) is 1. The molecule has 7 nitrogen and oxygen atoms in total. The Hall–Kier alpha value is -2.94. The Morgan fingerprint density at radius 1 is 1.18 bits per heavy atom. The van der Waals surface area contributed by atoms with Gasteiger partial charge in [0.25, 0.3) is 0 Å². The molecule has 5 rings (SSSR count). The van der Waals surface area contributed by atoms with Crippen LogP contribution in [0.15, 0.2) is 42.9 Å². The SMILES string of the molecule is C[C@@H](Oc1ccc2[nH]nc(-c3cnc(N4CC(C)(N)C4)c(F)c3)c2c1)c1c(Cl)cncc1Cl. The van der Waals surface area contributed by atoms with Gasteiger partial charge in [-0.05, 0) is 38.1 Å². The van der Waals surface area contributed by atoms with E-state index in [1.807, 2.05) is 36.9 Å². The van der Waals surface area contributed by atoms with E-state index in [4.69, 9.17) is 33.7 Å². The lowest BCUT2D eigenvalue weighted by Gasteiger charge is -2.46. The molecule has 0 unspecified atom stereocenters.